The van der Waals surface area contributed by atoms with Crippen molar-refractivity contribution in [2.24, 2.45) is 11.7 Å². The first kappa shape index (κ1) is 15.9. The van der Waals surface area contributed by atoms with Crippen molar-refractivity contribution in [3.63, 3.8) is 0 Å². The largest absolute Gasteiger partial charge is 0.390 e. The fourth-order valence-corrected chi connectivity index (χ4v) is 2.00. The molecule has 4 atom stereocenters. The van der Waals surface area contributed by atoms with Crippen LogP contribution in [0, 0.1) is 12.3 Å². The molecule has 0 aliphatic carbocycles. The standard InChI is InChI=1S/C13H24N3O3/c1-8(13(14)19)3-6-12(18)16-10-5-4-9(2)15-7-11(10)17/h6,8-11,15,17H,3-5,7H2,1-2H3,(H2,14,19)(H,16,18)/t8-,9+,10-,11-/m0/s1. The number of carbonyl (C=O) groups is 2. The van der Waals surface area contributed by atoms with Gasteiger partial charge in [0, 0.05) is 18.5 Å². The summed E-state index contributed by atoms with van der Waals surface area (Å²) in [6, 6.07) is 0.0977. The molecular formula is C13H24N3O3. The molecule has 1 rings (SSSR count). The number of hydrogen-bond acceptors (Lipinski definition) is 4. The van der Waals surface area contributed by atoms with Crippen LogP contribution in [0.3, 0.4) is 0 Å². The summed E-state index contributed by atoms with van der Waals surface area (Å²) in [6.45, 7) is 4.21. The number of nitrogens with one attached hydrogen (secondary N) is 2. The monoisotopic (exact) mass is 270 g/mol. The Kier molecular flexibility index (Phi) is 6.24. The molecule has 1 radical (unpaired) electrons. The Labute approximate surface area is 114 Å². The maximum absolute atomic E-state index is 11.7. The molecule has 109 valence electrons. The van der Waals surface area contributed by atoms with Crippen molar-refractivity contribution in [3.05, 3.63) is 6.42 Å². The van der Waals surface area contributed by atoms with E-state index < -0.39 is 12.0 Å². The van der Waals surface area contributed by atoms with Crippen LogP contribution in [-0.2, 0) is 9.59 Å². The van der Waals surface area contributed by atoms with Crippen molar-refractivity contribution in [1.82, 2.24) is 10.6 Å². The minimum absolute atomic E-state index is 0.245. The highest BCUT2D eigenvalue weighted by molar-refractivity contribution is 5.86. The summed E-state index contributed by atoms with van der Waals surface area (Å²) in [4.78, 5) is 22.6. The molecule has 1 fully saturated rings. The average Bonchev–Trinajstić information content (AvgIpc) is 2.51. The number of aliphatic hydroxyl groups excluding tert-OH is 1. The van der Waals surface area contributed by atoms with Crippen LogP contribution in [0.4, 0.5) is 0 Å². The van der Waals surface area contributed by atoms with Crippen molar-refractivity contribution in [3.8, 4) is 0 Å². The van der Waals surface area contributed by atoms with Crippen LogP contribution in [-0.4, -0.2) is 41.7 Å². The Bertz CT molecular complexity index is 322. The maximum atomic E-state index is 11.7. The number of rotatable bonds is 5. The fourth-order valence-electron chi connectivity index (χ4n) is 2.00. The molecule has 6 heteroatoms. The van der Waals surface area contributed by atoms with Crippen LogP contribution in [0.2, 0.25) is 0 Å². The van der Waals surface area contributed by atoms with Gasteiger partial charge in [0.2, 0.25) is 11.8 Å². The molecule has 0 spiro atoms. The van der Waals surface area contributed by atoms with Gasteiger partial charge in [-0.25, -0.2) is 0 Å². The number of hydrogen-bond donors (Lipinski definition) is 4. The highest BCUT2D eigenvalue weighted by Crippen LogP contribution is 2.11. The third kappa shape index (κ3) is 5.57. The second-order valence-corrected chi connectivity index (χ2v) is 5.31. The van der Waals surface area contributed by atoms with Crippen LogP contribution in [0.1, 0.15) is 33.1 Å². The van der Waals surface area contributed by atoms with Crippen LogP contribution in [0.25, 0.3) is 0 Å². The average molecular weight is 270 g/mol. The normalized spacial score (nSPS) is 29.3. The molecule has 0 unspecified atom stereocenters. The van der Waals surface area contributed by atoms with E-state index in [4.69, 9.17) is 5.73 Å². The zero-order valence-electron chi connectivity index (χ0n) is 11.6. The van der Waals surface area contributed by atoms with Crippen LogP contribution in [0.5, 0.6) is 0 Å². The van der Waals surface area contributed by atoms with Gasteiger partial charge in [0.25, 0.3) is 0 Å². The van der Waals surface area contributed by atoms with E-state index in [1.165, 1.54) is 6.42 Å². The molecule has 1 aliphatic rings. The van der Waals surface area contributed by atoms with E-state index in [9.17, 15) is 14.7 Å². The highest BCUT2D eigenvalue weighted by atomic mass is 16.3. The zero-order chi connectivity index (χ0) is 14.4. The van der Waals surface area contributed by atoms with Crippen molar-refractivity contribution in [2.45, 2.75) is 51.3 Å². The minimum Gasteiger partial charge on any atom is -0.390 e. The first-order chi connectivity index (χ1) is 8.90. The lowest BCUT2D eigenvalue weighted by molar-refractivity contribution is -0.121. The van der Waals surface area contributed by atoms with Gasteiger partial charge in [0.15, 0.2) is 0 Å². The molecule has 1 heterocycles. The smallest absolute Gasteiger partial charge is 0.224 e. The van der Waals surface area contributed by atoms with Gasteiger partial charge in [-0.05, 0) is 26.2 Å². The van der Waals surface area contributed by atoms with Crippen molar-refractivity contribution in [1.29, 1.82) is 0 Å². The SMILES string of the molecule is C[C@@H]1CC[C@H](NC(=O)[CH]C[C@H](C)C(N)=O)[C@@H](O)CN1. The van der Waals surface area contributed by atoms with Gasteiger partial charge < -0.3 is 21.5 Å². The Morgan fingerprint density at radius 1 is 1.53 bits per heavy atom. The molecule has 0 aromatic carbocycles. The highest BCUT2D eigenvalue weighted by Gasteiger charge is 2.25. The van der Waals surface area contributed by atoms with Crippen LogP contribution < -0.4 is 16.4 Å². The molecule has 0 aromatic heterocycles. The van der Waals surface area contributed by atoms with Gasteiger partial charge in [-0.15, -0.1) is 0 Å². The number of primary amides is 1. The van der Waals surface area contributed by atoms with Crippen molar-refractivity contribution >= 4 is 11.8 Å². The molecule has 1 saturated heterocycles. The summed E-state index contributed by atoms with van der Waals surface area (Å²) in [7, 11) is 0. The topological polar surface area (TPSA) is 104 Å². The predicted octanol–water partition coefficient (Wildman–Crippen LogP) is -0.680. The summed E-state index contributed by atoms with van der Waals surface area (Å²) >= 11 is 0. The number of amides is 2. The molecule has 19 heavy (non-hydrogen) atoms. The summed E-state index contributed by atoms with van der Waals surface area (Å²) in [5.74, 6) is -1.03. The first-order valence-electron chi connectivity index (χ1n) is 6.74. The summed E-state index contributed by atoms with van der Waals surface area (Å²) in [5, 5.41) is 15.9. The quantitative estimate of drug-likeness (QED) is 0.531. The van der Waals surface area contributed by atoms with E-state index in [0.717, 1.165) is 12.8 Å². The predicted molar refractivity (Wildman–Crippen MR) is 71.9 cm³/mol. The van der Waals surface area contributed by atoms with E-state index in [0.29, 0.717) is 19.0 Å². The Morgan fingerprint density at radius 2 is 2.21 bits per heavy atom. The molecule has 5 N–H and O–H groups in total. The number of nitrogens with two attached hydrogens (primary N) is 1. The third-order valence-corrected chi connectivity index (χ3v) is 3.52. The second kappa shape index (κ2) is 7.45. The molecule has 1 aliphatic heterocycles. The fraction of sp³-hybridized carbons (Fsp3) is 0.769. The van der Waals surface area contributed by atoms with Gasteiger partial charge in [-0.2, -0.15) is 0 Å². The molecular weight excluding hydrogens is 246 g/mol. The van der Waals surface area contributed by atoms with Gasteiger partial charge in [-0.1, -0.05) is 6.92 Å². The van der Waals surface area contributed by atoms with Gasteiger partial charge in [-0.3, -0.25) is 9.59 Å². The molecule has 0 bridgehead atoms. The summed E-state index contributed by atoms with van der Waals surface area (Å²) < 4.78 is 0. The second-order valence-electron chi connectivity index (χ2n) is 5.31. The molecule has 0 aromatic rings. The zero-order valence-corrected chi connectivity index (χ0v) is 11.6. The van der Waals surface area contributed by atoms with E-state index >= 15 is 0 Å². The van der Waals surface area contributed by atoms with Crippen molar-refractivity contribution < 1.29 is 14.7 Å². The Morgan fingerprint density at radius 3 is 2.84 bits per heavy atom. The Hall–Kier alpha value is -1.14. The lowest BCUT2D eigenvalue weighted by Crippen LogP contribution is -2.46. The number of carbonyl (C=O) groups excluding carboxylic acids is 2. The van der Waals surface area contributed by atoms with Gasteiger partial charge >= 0.3 is 0 Å². The number of aliphatic hydroxyl groups is 1. The summed E-state index contributed by atoms with van der Waals surface area (Å²) in [6.07, 6.45) is 2.79. The van der Waals surface area contributed by atoms with Gasteiger partial charge in [0.1, 0.15) is 0 Å². The molecule has 6 nitrogen and oxygen atoms in total. The number of β-amino-alcohol motifs (C(OH)–C–C–N with tert-alkyl or cyclic N) is 1. The van der Waals surface area contributed by atoms with Gasteiger partial charge in [0.05, 0.1) is 18.6 Å². The first-order valence-corrected chi connectivity index (χ1v) is 6.74. The molecule has 0 saturated carbocycles. The van der Waals surface area contributed by atoms with E-state index in [2.05, 4.69) is 17.6 Å². The van der Waals surface area contributed by atoms with E-state index in [1.54, 1.807) is 6.92 Å². The maximum Gasteiger partial charge on any atom is 0.224 e. The third-order valence-electron chi connectivity index (χ3n) is 3.52. The van der Waals surface area contributed by atoms with Crippen molar-refractivity contribution in [2.75, 3.05) is 6.54 Å². The van der Waals surface area contributed by atoms with Crippen LogP contribution in [0.15, 0.2) is 0 Å². The minimum atomic E-state index is -0.587. The van der Waals surface area contributed by atoms with E-state index in [-0.39, 0.29) is 17.9 Å². The van der Waals surface area contributed by atoms with E-state index in [1.807, 2.05) is 0 Å². The lowest BCUT2D eigenvalue weighted by Gasteiger charge is -2.21. The molecule has 2 amide bonds. The summed E-state index contributed by atoms with van der Waals surface area (Å²) in [5.41, 5.74) is 5.13. The lowest BCUT2D eigenvalue weighted by atomic mass is 10.0. The van der Waals surface area contributed by atoms with Crippen LogP contribution >= 0.6 is 0 Å². The Balaban J connectivity index is 2.36.